The van der Waals surface area contributed by atoms with Crippen LogP contribution in [0.2, 0.25) is 0 Å². The van der Waals surface area contributed by atoms with Crippen LogP contribution >= 0.6 is 0 Å². The number of carbonyl (C=O) groups is 2. The number of carbonyl (C=O) groups excluding carboxylic acids is 2. The molecule has 2 aliphatic rings. The molecule has 24 heavy (non-hydrogen) atoms. The van der Waals surface area contributed by atoms with Gasteiger partial charge in [-0.3, -0.25) is 9.59 Å². The molecule has 0 aromatic heterocycles. The van der Waals surface area contributed by atoms with Gasteiger partial charge in [-0.1, -0.05) is 41.5 Å². The Morgan fingerprint density at radius 2 is 1.54 bits per heavy atom. The Morgan fingerprint density at radius 1 is 0.958 bits per heavy atom. The lowest BCUT2D eigenvalue weighted by Gasteiger charge is -2.26. The Labute approximate surface area is 142 Å². The molecule has 1 fully saturated rings. The first-order chi connectivity index (χ1) is 11.5. The van der Waals surface area contributed by atoms with E-state index < -0.39 is 17.4 Å². The third-order valence-corrected chi connectivity index (χ3v) is 6.05. The largest absolute Gasteiger partial charge is 0.468 e. The van der Waals surface area contributed by atoms with E-state index in [1.165, 1.54) is 30.9 Å². The maximum atomic E-state index is 12.5. The van der Waals surface area contributed by atoms with Gasteiger partial charge < -0.3 is 9.47 Å². The zero-order valence-corrected chi connectivity index (χ0v) is 14.7. The van der Waals surface area contributed by atoms with E-state index in [0.717, 1.165) is 0 Å². The zero-order valence-electron chi connectivity index (χ0n) is 14.7. The standard InChI is InChI=1S/C20H24O4/c1-12-13(2)17(14-8-6-5-7-9-14)16-11-20(10-15(12)16,18(21)23-3)19(22)24-4/h5-9,15-17H,10-11H2,1-4H3/t15-,16-,17+/m1/s1. The number of methoxy groups -OCH3 is 2. The highest BCUT2D eigenvalue weighted by molar-refractivity contribution is 6.00. The van der Waals surface area contributed by atoms with Gasteiger partial charge >= 0.3 is 11.9 Å². The third-order valence-electron chi connectivity index (χ3n) is 6.05. The average Bonchev–Trinajstić information content (AvgIpc) is 3.11. The van der Waals surface area contributed by atoms with Gasteiger partial charge in [0.2, 0.25) is 0 Å². The predicted molar refractivity (Wildman–Crippen MR) is 90.2 cm³/mol. The highest BCUT2D eigenvalue weighted by Crippen LogP contribution is 2.60. The van der Waals surface area contributed by atoms with Crippen molar-refractivity contribution in [2.24, 2.45) is 17.3 Å². The molecule has 3 atom stereocenters. The van der Waals surface area contributed by atoms with Gasteiger partial charge in [0.25, 0.3) is 0 Å². The fourth-order valence-corrected chi connectivity index (χ4v) is 4.80. The summed E-state index contributed by atoms with van der Waals surface area (Å²) >= 11 is 0. The molecule has 0 amide bonds. The number of ether oxygens (including phenoxy) is 2. The monoisotopic (exact) mass is 328 g/mol. The normalized spacial score (nSPS) is 27.8. The lowest BCUT2D eigenvalue weighted by Crippen LogP contribution is -2.39. The molecule has 2 aliphatic carbocycles. The molecule has 0 radical (unpaired) electrons. The van der Waals surface area contributed by atoms with Crippen LogP contribution in [0.25, 0.3) is 0 Å². The van der Waals surface area contributed by atoms with E-state index in [-0.39, 0.29) is 17.8 Å². The van der Waals surface area contributed by atoms with Gasteiger partial charge in [0.1, 0.15) is 0 Å². The van der Waals surface area contributed by atoms with Gasteiger partial charge in [0.05, 0.1) is 14.2 Å². The van der Waals surface area contributed by atoms with Crippen LogP contribution in [-0.2, 0) is 19.1 Å². The van der Waals surface area contributed by atoms with Crippen molar-refractivity contribution in [2.45, 2.75) is 32.6 Å². The summed E-state index contributed by atoms with van der Waals surface area (Å²) in [5.41, 5.74) is 2.73. The van der Waals surface area contributed by atoms with Crippen LogP contribution in [0.15, 0.2) is 41.5 Å². The van der Waals surface area contributed by atoms with Crippen molar-refractivity contribution in [3.05, 3.63) is 47.0 Å². The molecule has 0 heterocycles. The second-order valence-corrected chi connectivity index (χ2v) is 7.00. The summed E-state index contributed by atoms with van der Waals surface area (Å²) in [5.74, 6) is -0.256. The summed E-state index contributed by atoms with van der Waals surface area (Å²) in [7, 11) is 2.67. The topological polar surface area (TPSA) is 52.6 Å². The first-order valence-electron chi connectivity index (χ1n) is 8.35. The fraction of sp³-hybridized carbons (Fsp3) is 0.500. The van der Waals surface area contributed by atoms with Crippen LogP contribution < -0.4 is 0 Å². The summed E-state index contributed by atoms with van der Waals surface area (Å²) in [6.45, 7) is 4.30. The SMILES string of the molecule is COC(=O)C1(C(=O)OC)C[C@@H]2[C@H](C1)C(C)=C(C)[C@H]2c1ccccc1. The number of rotatable bonds is 3. The van der Waals surface area contributed by atoms with Crippen molar-refractivity contribution >= 4 is 11.9 Å². The molecular weight excluding hydrogens is 304 g/mol. The smallest absolute Gasteiger partial charge is 0.323 e. The maximum Gasteiger partial charge on any atom is 0.323 e. The zero-order chi connectivity index (χ0) is 17.5. The molecule has 4 heteroatoms. The quantitative estimate of drug-likeness (QED) is 0.484. The molecule has 3 rings (SSSR count). The number of hydrogen-bond acceptors (Lipinski definition) is 4. The van der Waals surface area contributed by atoms with Crippen molar-refractivity contribution in [2.75, 3.05) is 14.2 Å². The molecule has 0 N–H and O–H groups in total. The Balaban J connectivity index is 2.03. The minimum Gasteiger partial charge on any atom is -0.468 e. The van der Waals surface area contributed by atoms with E-state index in [2.05, 4.69) is 26.0 Å². The molecule has 0 aliphatic heterocycles. The number of benzene rings is 1. The first-order valence-corrected chi connectivity index (χ1v) is 8.35. The number of fused-ring (bicyclic) bond motifs is 1. The van der Waals surface area contributed by atoms with Crippen LogP contribution in [0.5, 0.6) is 0 Å². The summed E-state index contributed by atoms with van der Waals surface area (Å²) < 4.78 is 9.95. The Bertz CT molecular complexity index is 673. The number of esters is 2. The lowest BCUT2D eigenvalue weighted by molar-refractivity contribution is -0.169. The Morgan fingerprint density at radius 3 is 2.08 bits per heavy atom. The van der Waals surface area contributed by atoms with Gasteiger partial charge in [0.15, 0.2) is 5.41 Å². The second-order valence-electron chi connectivity index (χ2n) is 7.00. The third kappa shape index (κ3) is 2.27. The van der Waals surface area contributed by atoms with Gasteiger partial charge in [0, 0.05) is 5.92 Å². The number of allylic oxidation sites excluding steroid dienone is 2. The molecule has 128 valence electrons. The van der Waals surface area contributed by atoms with Gasteiger partial charge in [-0.2, -0.15) is 0 Å². The lowest BCUT2D eigenvalue weighted by atomic mass is 9.79. The molecule has 0 saturated heterocycles. The van der Waals surface area contributed by atoms with Crippen molar-refractivity contribution in [3.8, 4) is 0 Å². The van der Waals surface area contributed by atoms with Crippen LogP contribution in [0, 0.1) is 17.3 Å². The molecule has 4 nitrogen and oxygen atoms in total. The predicted octanol–water partition coefficient (Wildman–Crippen LogP) is 3.48. The highest BCUT2D eigenvalue weighted by atomic mass is 16.5. The van der Waals surface area contributed by atoms with Crippen molar-refractivity contribution in [1.82, 2.24) is 0 Å². The van der Waals surface area contributed by atoms with E-state index in [0.29, 0.717) is 12.8 Å². The van der Waals surface area contributed by atoms with E-state index in [1.807, 2.05) is 18.2 Å². The summed E-state index contributed by atoms with van der Waals surface area (Å²) in [5, 5.41) is 0. The Kier molecular flexibility index (Phi) is 4.24. The minimum atomic E-state index is -1.17. The van der Waals surface area contributed by atoms with Crippen LogP contribution in [0.4, 0.5) is 0 Å². The molecule has 1 aromatic carbocycles. The summed E-state index contributed by atoms with van der Waals surface area (Å²) in [4.78, 5) is 24.9. The molecule has 0 spiro atoms. The minimum absolute atomic E-state index is 0.216. The molecule has 0 bridgehead atoms. The maximum absolute atomic E-state index is 12.5. The molecular formula is C20H24O4. The fourth-order valence-electron chi connectivity index (χ4n) is 4.80. The Hall–Kier alpha value is -2.10. The van der Waals surface area contributed by atoms with Crippen LogP contribution in [0.3, 0.4) is 0 Å². The van der Waals surface area contributed by atoms with Crippen LogP contribution in [-0.4, -0.2) is 26.2 Å². The van der Waals surface area contributed by atoms with Gasteiger partial charge in [-0.05, 0) is 44.1 Å². The van der Waals surface area contributed by atoms with Gasteiger partial charge in [-0.25, -0.2) is 0 Å². The molecule has 1 saturated carbocycles. The van der Waals surface area contributed by atoms with Crippen molar-refractivity contribution in [3.63, 3.8) is 0 Å². The molecule has 1 aromatic rings. The average molecular weight is 328 g/mol. The second kappa shape index (κ2) is 6.08. The highest BCUT2D eigenvalue weighted by Gasteiger charge is 2.61. The van der Waals surface area contributed by atoms with Gasteiger partial charge in [-0.15, -0.1) is 0 Å². The molecule has 0 unspecified atom stereocenters. The van der Waals surface area contributed by atoms with E-state index in [9.17, 15) is 9.59 Å². The van der Waals surface area contributed by atoms with E-state index >= 15 is 0 Å². The van der Waals surface area contributed by atoms with Crippen molar-refractivity contribution < 1.29 is 19.1 Å². The first kappa shape index (κ1) is 16.7. The van der Waals surface area contributed by atoms with E-state index in [4.69, 9.17) is 9.47 Å². The van der Waals surface area contributed by atoms with Crippen molar-refractivity contribution in [1.29, 1.82) is 0 Å². The number of hydrogen-bond donors (Lipinski definition) is 0. The summed E-state index contributed by atoms with van der Waals surface area (Å²) in [6, 6.07) is 10.3. The van der Waals surface area contributed by atoms with Crippen LogP contribution in [0.1, 0.15) is 38.2 Å². The summed E-state index contributed by atoms with van der Waals surface area (Å²) in [6.07, 6.45) is 0.953. The van der Waals surface area contributed by atoms with E-state index in [1.54, 1.807) is 0 Å².